The van der Waals surface area contributed by atoms with Gasteiger partial charge in [-0.15, -0.1) is 0 Å². The van der Waals surface area contributed by atoms with Crippen molar-refractivity contribution in [3.05, 3.63) is 108 Å². The first-order valence-electron chi connectivity index (χ1n) is 26.1. The zero-order valence-electron chi connectivity index (χ0n) is 45.3. The van der Waals surface area contributed by atoms with Gasteiger partial charge >= 0.3 is 6.09 Å². The van der Waals surface area contributed by atoms with Crippen LogP contribution in [0.3, 0.4) is 0 Å². The molecule has 2 aromatic heterocycles. The number of fused-ring (bicyclic) bond motifs is 1. The molecule has 27 heteroatoms. The van der Waals surface area contributed by atoms with Gasteiger partial charge in [-0.05, 0) is 79.1 Å². The molecular weight excluding hydrogens is 1080 g/mol. The number of nitrogens with one attached hydrogen (secondary N) is 4. The summed E-state index contributed by atoms with van der Waals surface area (Å²) in [7, 11) is 0. The first kappa shape index (κ1) is 63.8. The largest absolute Gasteiger partial charge is 0.444 e. The van der Waals surface area contributed by atoms with Gasteiger partial charge in [0.25, 0.3) is 5.91 Å². The van der Waals surface area contributed by atoms with Crippen LogP contribution < -0.4 is 31.9 Å². The smallest absolute Gasteiger partial charge is 0.414 e. The predicted octanol–water partition coefficient (Wildman–Crippen LogP) is -1.11. The number of hydrogen-bond donors (Lipinski definition) is 14. The van der Waals surface area contributed by atoms with Gasteiger partial charge in [0.2, 0.25) is 17.7 Å². The molecule has 0 spiro atoms. The van der Waals surface area contributed by atoms with Gasteiger partial charge in [0, 0.05) is 67.7 Å². The third-order valence-electron chi connectivity index (χ3n) is 14.0. The third-order valence-corrected chi connectivity index (χ3v) is 14.0. The van der Waals surface area contributed by atoms with Crippen molar-refractivity contribution < 1.29 is 93.7 Å². The van der Waals surface area contributed by atoms with E-state index in [4.69, 9.17) is 19.9 Å². The average molecular weight is 1150 g/mol. The predicted molar refractivity (Wildman–Crippen MR) is 289 cm³/mol. The third kappa shape index (κ3) is 16.2. The molecule has 444 valence electrons. The van der Waals surface area contributed by atoms with Gasteiger partial charge in [-0.2, -0.15) is 0 Å². The van der Waals surface area contributed by atoms with Crippen molar-refractivity contribution in [1.29, 1.82) is 0 Å². The summed E-state index contributed by atoms with van der Waals surface area (Å²) >= 11 is 0. The van der Waals surface area contributed by atoms with E-state index in [1.54, 1.807) is 55.0 Å². The number of benzene rings is 2. The highest BCUT2D eigenvalue weighted by Gasteiger charge is 2.48. The van der Waals surface area contributed by atoms with Crippen LogP contribution in [0.1, 0.15) is 74.0 Å². The summed E-state index contributed by atoms with van der Waals surface area (Å²) < 4.78 is 16.2. The van der Waals surface area contributed by atoms with Gasteiger partial charge < -0.3 is 87.2 Å². The number of rotatable bonds is 27. The molecule has 4 aromatic rings. The summed E-state index contributed by atoms with van der Waals surface area (Å²) in [6.07, 6.45) is -18.1. The Morgan fingerprint density at radius 1 is 0.805 bits per heavy atom. The van der Waals surface area contributed by atoms with Crippen LogP contribution in [0.2, 0.25) is 0 Å². The molecule has 4 unspecified atom stereocenters. The summed E-state index contributed by atoms with van der Waals surface area (Å²) in [4.78, 5) is 103. The van der Waals surface area contributed by atoms with E-state index in [1.165, 1.54) is 24.0 Å². The second kappa shape index (κ2) is 28.5. The minimum absolute atomic E-state index is 0.181. The van der Waals surface area contributed by atoms with Crippen LogP contribution in [-0.2, 0) is 56.7 Å². The van der Waals surface area contributed by atoms with E-state index in [0.717, 1.165) is 18.1 Å². The quantitative estimate of drug-likeness (QED) is 0.0336. The van der Waals surface area contributed by atoms with Crippen LogP contribution >= 0.6 is 0 Å². The second-order valence-corrected chi connectivity index (χ2v) is 20.8. The first-order chi connectivity index (χ1) is 38.8. The molecule has 1 saturated heterocycles. The molecule has 6 rings (SSSR count). The lowest BCUT2D eigenvalue weighted by Gasteiger charge is -2.42. The molecule has 2 aromatic carbocycles. The van der Waals surface area contributed by atoms with Crippen LogP contribution in [0.5, 0.6) is 0 Å². The summed E-state index contributed by atoms with van der Waals surface area (Å²) in [5, 5.41) is 103. The van der Waals surface area contributed by atoms with Crippen molar-refractivity contribution >= 4 is 64.2 Å². The van der Waals surface area contributed by atoms with Gasteiger partial charge in [0.1, 0.15) is 61.3 Å². The van der Waals surface area contributed by atoms with Gasteiger partial charge in [-0.3, -0.25) is 38.7 Å². The maximum atomic E-state index is 13.7. The standard InChI is InChI=1S/C55H70N8O19/c1-27(60-52(78)35(28(2)66)21-39(68)43(71)46(74)48(40(69)23-64)82-53-47(75)45(73)44(72)41(24-65)81-53)38(67)18-31(19-42(56)70)50(76)61-32-9-7-30(8-10-32)25-80-54(79)63-26-55(3,4)36-12-11-33(20-37(36)63)62-51(77)34-6-5-15-58-49(34)59-22-29-13-16-57-17-14-29/h5-17,20,27-28,31,35,40-41,43-48,53,64-66,69,71-75H,18-19,21-26H2,1-4H3,(H2,56,70)(H,58,59)(H,60,78)(H,61,76)(H,62,77)/t27?,28?,31?,35?,40-,41-,43+,44+,45+,46+,47-,48+,53+/m1/s1. The molecule has 13 atom stereocenters. The summed E-state index contributed by atoms with van der Waals surface area (Å²) in [5.74, 6) is -8.00. The lowest BCUT2D eigenvalue weighted by molar-refractivity contribution is -0.326. The van der Waals surface area contributed by atoms with Gasteiger partial charge in [-0.1, -0.05) is 32.0 Å². The number of anilines is 4. The number of pyridine rings is 2. The average Bonchev–Trinajstić information content (AvgIpc) is 3.72. The Bertz CT molecular complexity index is 2880. The first-order valence-corrected chi connectivity index (χ1v) is 26.1. The fraction of sp³-hybridized carbons (Fsp3) is 0.473. The lowest BCUT2D eigenvalue weighted by atomic mass is 9.87. The Kier molecular flexibility index (Phi) is 22.2. The van der Waals surface area contributed by atoms with Crippen LogP contribution in [0.4, 0.5) is 27.7 Å². The number of hydrogen-bond acceptors (Lipinski definition) is 22. The van der Waals surface area contributed by atoms with Crippen molar-refractivity contribution in [2.24, 2.45) is 17.6 Å². The van der Waals surface area contributed by atoms with Crippen molar-refractivity contribution in [2.75, 3.05) is 40.6 Å². The van der Waals surface area contributed by atoms with E-state index < -0.39 is 158 Å². The van der Waals surface area contributed by atoms with Crippen LogP contribution in [0.25, 0.3) is 0 Å². The molecular formula is C55H70N8O19. The number of Topliss-reactive ketones (excluding diaryl/α,β-unsaturated/α-hetero) is 2. The Balaban J connectivity index is 1.01. The number of carbonyl (C=O) groups is 7. The van der Waals surface area contributed by atoms with Crippen molar-refractivity contribution in [2.45, 2.75) is 133 Å². The van der Waals surface area contributed by atoms with Crippen LogP contribution in [0, 0.1) is 11.8 Å². The number of nitrogens with zero attached hydrogens (tertiary/aromatic N) is 3. The molecule has 15 N–H and O–H groups in total. The number of ketones is 2. The van der Waals surface area contributed by atoms with Crippen molar-refractivity contribution in [3.63, 3.8) is 0 Å². The number of aromatic nitrogens is 2. The Morgan fingerprint density at radius 2 is 1.49 bits per heavy atom. The Hall–Kier alpha value is -7.41. The number of ether oxygens (including phenoxy) is 3. The van der Waals surface area contributed by atoms with Gasteiger partial charge in [0.15, 0.2) is 17.9 Å². The van der Waals surface area contributed by atoms with Crippen LogP contribution in [0.15, 0.2) is 85.3 Å². The lowest BCUT2D eigenvalue weighted by Crippen LogP contribution is -2.61. The van der Waals surface area contributed by atoms with Crippen LogP contribution in [-0.4, -0.2) is 184 Å². The van der Waals surface area contributed by atoms with Gasteiger partial charge in [-0.25, -0.2) is 9.78 Å². The molecule has 5 amide bonds. The fourth-order valence-electron chi connectivity index (χ4n) is 9.25. The van der Waals surface area contributed by atoms with E-state index in [0.29, 0.717) is 34.9 Å². The number of carbonyl (C=O) groups excluding carboxylic acids is 7. The van der Waals surface area contributed by atoms with E-state index in [9.17, 15) is 79.5 Å². The van der Waals surface area contributed by atoms with E-state index in [1.807, 2.05) is 32.0 Å². The summed E-state index contributed by atoms with van der Waals surface area (Å²) in [6, 6.07) is 17.0. The van der Waals surface area contributed by atoms with Gasteiger partial charge in [0.05, 0.1) is 48.4 Å². The molecule has 0 bridgehead atoms. The number of nitrogens with two attached hydrogens (primary N) is 1. The number of amides is 5. The second-order valence-electron chi connectivity index (χ2n) is 20.8. The number of aliphatic hydroxyl groups is 9. The minimum atomic E-state index is -2.50. The SMILES string of the molecule is CC(NC(=O)C(CC(=O)[C@H](O)[C@H](O)[C@@H](O[C@@H]1O[C@H](CO)[C@H](O)[C@H](O)[C@H]1O)[C@H](O)CO)C(C)O)C(=O)CC(CC(N)=O)C(=O)Nc1ccc(COC(=O)N2CC(C)(C)c3ccc(NC(=O)c4cccnc4NCc4ccncc4)cc32)cc1. The maximum Gasteiger partial charge on any atom is 0.414 e. The molecule has 82 heavy (non-hydrogen) atoms. The molecule has 2 aliphatic heterocycles. The highest BCUT2D eigenvalue weighted by Crippen LogP contribution is 2.42. The summed E-state index contributed by atoms with van der Waals surface area (Å²) in [5.41, 5.74) is 8.79. The molecule has 0 saturated carbocycles. The van der Waals surface area contributed by atoms with E-state index in [2.05, 4.69) is 31.2 Å². The molecule has 0 aliphatic carbocycles. The summed E-state index contributed by atoms with van der Waals surface area (Å²) in [6.45, 7) is 4.76. The molecule has 4 heterocycles. The fourth-order valence-corrected chi connectivity index (χ4v) is 9.25. The topological polar surface area (TPSA) is 432 Å². The zero-order valence-corrected chi connectivity index (χ0v) is 45.3. The molecule has 0 radical (unpaired) electrons. The zero-order chi connectivity index (χ0) is 60.2. The van der Waals surface area contributed by atoms with Crippen molar-refractivity contribution in [3.8, 4) is 0 Å². The number of primary amides is 1. The van der Waals surface area contributed by atoms with E-state index >= 15 is 0 Å². The molecule has 2 aliphatic rings. The van der Waals surface area contributed by atoms with Crippen molar-refractivity contribution in [1.82, 2.24) is 15.3 Å². The van der Waals surface area contributed by atoms with E-state index in [-0.39, 0.29) is 18.8 Å². The molecule has 1 fully saturated rings. The monoisotopic (exact) mass is 1150 g/mol. The minimum Gasteiger partial charge on any atom is -0.444 e. The normalized spacial score (nSPS) is 21.2. The Morgan fingerprint density at radius 3 is 2.13 bits per heavy atom. The highest BCUT2D eigenvalue weighted by atomic mass is 16.7. The maximum absolute atomic E-state index is 13.7. The molecule has 27 nitrogen and oxygen atoms in total. The highest BCUT2D eigenvalue weighted by molar-refractivity contribution is 6.08. The number of aliphatic hydroxyl groups excluding tert-OH is 9. The Labute approximate surface area is 470 Å².